The third kappa shape index (κ3) is 2.76. The summed E-state index contributed by atoms with van der Waals surface area (Å²) in [6.45, 7) is 7.50. The molecule has 3 nitrogen and oxygen atoms in total. The average Bonchev–Trinajstić information content (AvgIpc) is 2.62. The van der Waals surface area contributed by atoms with Crippen LogP contribution in [0.3, 0.4) is 0 Å². The van der Waals surface area contributed by atoms with Crippen LogP contribution in [0.15, 0.2) is 12.3 Å². The van der Waals surface area contributed by atoms with Gasteiger partial charge in [-0.05, 0) is 19.8 Å². The molecular formula is C10H19N3. The number of hydrogen-bond donors (Lipinski definition) is 1. The van der Waals surface area contributed by atoms with Gasteiger partial charge in [0.15, 0.2) is 0 Å². The first-order valence-electron chi connectivity index (χ1n) is 5.07. The van der Waals surface area contributed by atoms with Gasteiger partial charge in [-0.15, -0.1) is 0 Å². The zero-order valence-electron chi connectivity index (χ0n) is 8.75. The highest BCUT2D eigenvalue weighted by atomic mass is 15.3. The second-order valence-electron chi connectivity index (χ2n) is 3.37. The lowest BCUT2D eigenvalue weighted by molar-refractivity contribution is 0.479. The molecule has 1 aromatic heterocycles. The molecule has 0 fully saturated rings. The van der Waals surface area contributed by atoms with Gasteiger partial charge in [0.2, 0.25) is 0 Å². The molecule has 0 bridgehead atoms. The van der Waals surface area contributed by atoms with Gasteiger partial charge in [-0.3, -0.25) is 4.68 Å². The van der Waals surface area contributed by atoms with Crippen LogP contribution in [0.5, 0.6) is 0 Å². The predicted octanol–water partition coefficient (Wildman–Crippen LogP) is 2.68. The Balaban J connectivity index is 2.53. The fraction of sp³-hybridized carbons (Fsp3) is 0.700. The summed E-state index contributed by atoms with van der Waals surface area (Å²) in [5.41, 5.74) is 0. The van der Waals surface area contributed by atoms with Crippen molar-refractivity contribution in [2.24, 2.45) is 0 Å². The number of anilines is 1. The molecule has 74 valence electrons. The Kier molecular flexibility index (Phi) is 3.80. The topological polar surface area (TPSA) is 29.9 Å². The molecular weight excluding hydrogens is 162 g/mol. The third-order valence-corrected chi connectivity index (χ3v) is 2.21. The molecule has 1 aromatic rings. The normalized spacial score (nSPS) is 12.8. The summed E-state index contributed by atoms with van der Waals surface area (Å²) in [4.78, 5) is 0. The van der Waals surface area contributed by atoms with Crippen LogP contribution in [0.1, 0.15) is 39.7 Å². The molecule has 3 heteroatoms. The minimum atomic E-state index is 0.497. The Bertz CT molecular complexity index is 242. The minimum Gasteiger partial charge on any atom is -0.369 e. The summed E-state index contributed by atoms with van der Waals surface area (Å²) in [6, 6.07) is 2.53. The van der Waals surface area contributed by atoms with Gasteiger partial charge in [-0.25, -0.2) is 0 Å². The van der Waals surface area contributed by atoms with Gasteiger partial charge in [-0.2, -0.15) is 5.10 Å². The Labute approximate surface area is 80.1 Å². The van der Waals surface area contributed by atoms with Crippen LogP contribution >= 0.6 is 0 Å². The van der Waals surface area contributed by atoms with E-state index < -0.39 is 0 Å². The maximum absolute atomic E-state index is 4.42. The van der Waals surface area contributed by atoms with E-state index in [2.05, 4.69) is 31.2 Å². The largest absolute Gasteiger partial charge is 0.369 e. The van der Waals surface area contributed by atoms with Crippen molar-refractivity contribution in [1.29, 1.82) is 0 Å². The summed E-state index contributed by atoms with van der Waals surface area (Å²) in [6.07, 6.45) is 4.29. The SMILES string of the molecule is CCCNc1ccn(C(C)CC)n1. The molecule has 0 aromatic carbocycles. The molecule has 1 N–H and O–H groups in total. The van der Waals surface area contributed by atoms with Gasteiger partial charge in [0, 0.05) is 24.8 Å². The maximum atomic E-state index is 4.42. The predicted molar refractivity (Wildman–Crippen MR) is 56.0 cm³/mol. The molecule has 0 aliphatic carbocycles. The standard InChI is InChI=1S/C10H19N3/c1-4-7-11-10-6-8-13(12-10)9(3)5-2/h6,8-9H,4-5,7H2,1-3H3,(H,11,12). The van der Waals surface area contributed by atoms with Gasteiger partial charge in [-0.1, -0.05) is 13.8 Å². The first-order chi connectivity index (χ1) is 6.27. The van der Waals surface area contributed by atoms with Crippen molar-refractivity contribution in [3.8, 4) is 0 Å². The highest BCUT2D eigenvalue weighted by Gasteiger charge is 2.02. The number of nitrogens with zero attached hydrogens (tertiary/aromatic N) is 2. The first-order valence-corrected chi connectivity index (χ1v) is 5.07. The lowest BCUT2D eigenvalue weighted by Crippen LogP contribution is -2.06. The van der Waals surface area contributed by atoms with Crippen LogP contribution in [-0.2, 0) is 0 Å². The third-order valence-electron chi connectivity index (χ3n) is 2.21. The second kappa shape index (κ2) is 4.90. The van der Waals surface area contributed by atoms with E-state index in [1.807, 2.05) is 16.9 Å². The molecule has 13 heavy (non-hydrogen) atoms. The van der Waals surface area contributed by atoms with Crippen molar-refractivity contribution in [1.82, 2.24) is 9.78 Å². The van der Waals surface area contributed by atoms with Gasteiger partial charge in [0.05, 0.1) is 0 Å². The average molecular weight is 181 g/mol. The molecule has 0 aliphatic rings. The van der Waals surface area contributed by atoms with Crippen LogP contribution in [0.4, 0.5) is 5.82 Å². The number of hydrogen-bond acceptors (Lipinski definition) is 2. The Hall–Kier alpha value is -0.990. The molecule has 1 heterocycles. The van der Waals surface area contributed by atoms with Gasteiger partial charge < -0.3 is 5.32 Å². The van der Waals surface area contributed by atoms with Gasteiger partial charge in [0.1, 0.15) is 5.82 Å². The summed E-state index contributed by atoms with van der Waals surface area (Å²) in [5.74, 6) is 0.988. The zero-order valence-corrected chi connectivity index (χ0v) is 8.75. The smallest absolute Gasteiger partial charge is 0.147 e. The van der Waals surface area contributed by atoms with Crippen LogP contribution < -0.4 is 5.32 Å². The quantitative estimate of drug-likeness (QED) is 0.756. The van der Waals surface area contributed by atoms with Crippen LogP contribution in [0.2, 0.25) is 0 Å². The fourth-order valence-electron chi connectivity index (χ4n) is 1.12. The minimum absolute atomic E-state index is 0.497. The molecule has 0 aliphatic heterocycles. The van der Waals surface area contributed by atoms with Crippen molar-refractivity contribution in [2.75, 3.05) is 11.9 Å². The van der Waals surface area contributed by atoms with Crippen LogP contribution in [0.25, 0.3) is 0 Å². The van der Waals surface area contributed by atoms with Crippen molar-refractivity contribution in [3.05, 3.63) is 12.3 Å². The number of aromatic nitrogens is 2. The van der Waals surface area contributed by atoms with Crippen LogP contribution in [0, 0.1) is 0 Å². The molecule has 0 amide bonds. The van der Waals surface area contributed by atoms with Crippen LogP contribution in [-0.4, -0.2) is 16.3 Å². The molecule has 1 unspecified atom stereocenters. The summed E-state index contributed by atoms with van der Waals surface area (Å²) in [5, 5.41) is 7.69. The van der Waals surface area contributed by atoms with E-state index in [4.69, 9.17) is 0 Å². The summed E-state index contributed by atoms with van der Waals surface area (Å²) < 4.78 is 2.01. The van der Waals surface area contributed by atoms with E-state index in [0.717, 1.165) is 25.2 Å². The zero-order chi connectivity index (χ0) is 9.68. The first kappa shape index (κ1) is 10.1. The molecule has 0 saturated heterocycles. The van der Waals surface area contributed by atoms with Crippen molar-refractivity contribution < 1.29 is 0 Å². The highest BCUT2D eigenvalue weighted by molar-refractivity contribution is 5.31. The van der Waals surface area contributed by atoms with Gasteiger partial charge in [0.25, 0.3) is 0 Å². The molecule has 0 radical (unpaired) electrons. The Morgan fingerprint density at radius 3 is 2.92 bits per heavy atom. The molecule has 0 spiro atoms. The summed E-state index contributed by atoms with van der Waals surface area (Å²) >= 11 is 0. The van der Waals surface area contributed by atoms with E-state index in [1.165, 1.54) is 0 Å². The van der Waals surface area contributed by atoms with E-state index >= 15 is 0 Å². The van der Waals surface area contributed by atoms with Crippen molar-refractivity contribution >= 4 is 5.82 Å². The van der Waals surface area contributed by atoms with E-state index in [-0.39, 0.29) is 0 Å². The lowest BCUT2D eigenvalue weighted by atomic mass is 10.3. The Morgan fingerprint density at radius 1 is 1.54 bits per heavy atom. The van der Waals surface area contributed by atoms with Crippen molar-refractivity contribution in [3.63, 3.8) is 0 Å². The van der Waals surface area contributed by atoms with Gasteiger partial charge >= 0.3 is 0 Å². The molecule has 1 rings (SSSR count). The number of nitrogens with one attached hydrogen (secondary N) is 1. The monoisotopic (exact) mass is 181 g/mol. The van der Waals surface area contributed by atoms with E-state index in [1.54, 1.807) is 0 Å². The second-order valence-corrected chi connectivity index (χ2v) is 3.37. The lowest BCUT2D eigenvalue weighted by Gasteiger charge is -2.08. The fourth-order valence-corrected chi connectivity index (χ4v) is 1.12. The number of rotatable bonds is 5. The van der Waals surface area contributed by atoms with E-state index in [9.17, 15) is 0 Å². The Morgan fingerprint density at radius 2 is 2.31 bits per heavy atom. The highest BCUT2D eigenvalue weighted by Crippen LogP contribution is 2.11. The van der Waals surface area contributed by atoms with Crippen molar-refractivity contribution in [2.45, 2.75) is 39.7 Å². The van der Waals surface area contributed by atoms with E-state index in [0.29, 0.717) is 6.04 Å². The molecule has 1 atom stereocenters. The summed E-state index contributed by atoms with van der Waals surface area (Å²) in [7, 11) is 0. The molecule has 0 saturated carbocycles. The maximum Gasteiger partial charge on any atom is 0.147 e.